The second kappa shape index (κ2) is 10.5. The van der Waals surface area contributed by atoms with E-state index in [0.29, 0.717) is 40.4 Å². The molecule has 1 aromatic heterocycles. The number of furan rings is 1. The van der Waals surface area contributed by atoms with Gasteiger partial charge in [0.25, 0.3) is 5.91 Å². The molecular weight excluding hydrogens is 514 g/mol. The van der Waals surface area contributed by atoms with E-state index in [1.165, 1.54) is 24.3 Å². The Kier molecular flexibility index (Phi) is 7.58. The first kappa shape index (κ1) is 25.3. The third-order valence-electron chi connectivity index (χ3n) is 5.68. The SMILES string of the molecule is CCN(C(=O)CSC1=N/C(=C\c2ccco2)C(=O)N1c1ccc(OC)c(Cl)c1)[C@@H]1CCS(=O)(=O)C1. The zero-order valence-electron chi connectivity index (χ0n) is 19.1. The normalized spacial score (nSPS) is 20.4. The lowest BCUT2D eigenvalue weighted by Crippen LogP contribution is -2.42. The van der Waals surface area contributed by atoms with Crippen molar-refractivity contribution in [2.75, 3.05) is 35.8 Å². The van der Waals surface area contributed by atoms with Crippen LogP contribution in [0.3, 0.4) is 0 Å². The maximum absolute atomic E-state index is 13.3. The molecule has 9 nitrogen and oxygen atoms in total. The van der Waals surface area contributed by atoms with Crippen molar-refractivity contribution in [1.29, 1.82) is 0 Å². The predicted octanol–water partition coefficient (Wildman–Crippen LogP) is 3.45. The third-order valence-corrected chi connectivity index (χ3v) is 8.65. The van der Waals surface area contributed by atoms with E-state index in [1.54, 1.807) is 35.2 Å². The van der Waals surface area contributed by atoms with Crippen molar-refractivity contribution in [3.63, 3.8) is 0 Å². The first-order valence-electron chi connectivity index (χ1n) is 10.9. The topological polar surface area (TPSA) is 109 Å². The number of rotatable bonds is 7. The maximum atomic E-state index is 13.3. The number of methoxy groups -OCH3 is 1. The molecule has 1 saturated heterocycles. The Labute approximate surface area is 212 Å². The van der Waals surface area contributed by atoms with Crippen LogP contribution in [-0.4, -0.2) is 67.3 Å². The lowest BCUT2D eigenvalue weighted by molar-refractivity contribution is -0.129. The summed E-state index contributed by atoms with van der Waals surface area (Å²) in [7, 11) is -1.63. The highest BCUT2D eigenvalue weighted by atomic mass is 35.5. The van der Waals surface area contributed by atoms with E-state index in [2.05, 4.69) is 4.99 Å². The Balaban J connectivity index is 1.58. The van der Waals surface area contributed by atoms with E-state index in [-0.39, 0.29) is 34.9 Å². The highest BCUT2D eigenvalue weighted by Gasteiger charge is 2.36. The summed E-state index contributed by atoms with van der Waals surface area (Å²) in [6, 6.07) is 7.98. The number of nitrogens with zero attached hydrogens (tertiary/aromatic N) is 3. The van der Waals surface area contributed by atoms with Crippen LogP contribution in [0.4, 0.5) is 5.69 Å². The highest BCUT2D eigenvalue weighted by molar-refractivity contribution is 8.14. The number of sulfone groups is 1. The fourth-order valence-corrected chi connectivity index (χ4v) is 6.87. The number of halogens is 1. The van der Waals surface area contributed by atoms with Gasteiger partial charge in [-0.1, -0.05) is 23.4 Å². The van der Waals surface area contributed by atoms with Crippen molar-refractivity contribution < 1.29 is 27.2 Å². The van der Waals surface area contributed by atoms with Gasteiger partial charge in [-0.3, -0.25) is 14.5 Å². The molecule has 0 aliphatic carbocycles. The lowest BCUT2D eigenvalue weighted by Gasteiger charge is -2.27. The van der Waals surface area contributed by atoms with Crippen molar-refractivity contribution >= 4 is 61.9 Å². The van der Waals surface area contributed by atoms with Crippen LogP contribution in [0.1, 0.15) is 19.1 Å². The summed E-state index contributed by atoms with van der Waals surface area (Å²) in [6.45, 7) is 2.21. The minimum Gasteiger partial charge on any atom is -0.495 e. The van der Waals surface area contributed by atoms with Gasteiger partial charge in [-0.2, -0.15) is 0 Å². The molecule has 1 atom stereocenters. The fourth-order valence-electron chi connectivity index (χ4n) is 3.99. The summed E-state index contributed by atoms with van der Waals surface area (Å²) in [4.78, 5) is 33.7. The quantitative estimate of drug-likeness (QED) is 0.497. The summed E-state index contributed by atoms with van der Waals surface area (Å²) < 4.78 is 34.3. The van der Waals surface area contributed by atoms with Crippen molar-refractivity contribution in [3.8, 4) is 5.75 Å². The van der Waals surface area contributed by atoms with E-state index < -0.39 is 15.7 Å². The van der Waals surface area contributed by atoms with Gasteiger partial charge in [-0.15, -0.1) is 0 Å². The molecule has 1 aromatic carbocycles. The molecular formula is C23H24ClN3O6S2. The second-order valence-corrected chi connectivity index (χ2v) is 11.5. The molecule has 35 heavy (non-hydrogen) atoms. The second-order valence-electron chi connectivity index (χ2n) is 7.92. The number of thioether (sulfide) groups is 1. The number of amides is 2. The minimum absolute atomic E-state index is 0.00901. The standard InChI is InChI=1S/C23H24ClN3O6S2/c1-3-26(16-8-10-35(30,31)14-16)21(28)13-34-23-25-19(12-17-5-4-9-33-17)22(29)27(23)15-6-7-20(32-2)18(24)11-15/h4-7,9,11-12,16H,3,8,10,13-14H2,1-2H3/b19-12-/t16-/m1/s1. The summed E-state index contributed by atoms with van der Waals surface area (Å²) in [5, 5.41) is 0.624. The number of carbonyl (C=O) groups is 2. The van der Waals surface area contributed by atoms with Crippen LogP contribution in [-0.2, 0) is 19.4 Å². The molecule has 1 fully saturated rings. The minimum atomic E-state index is -3.13. The van der Waals surface area contributed by atoms with Crippen LogP contribution < -0.4 is 9.64 Å². The van der Waals surface area contributed by atoms with Crippen molar-refractivity contribution in [2.24, 2.45) is 4.99 Å². The number of hydrogen-bond acceptors (Lipinski definition) is 8. The summed E-state index contributed by atoms with van der Waals surface area (Å²) in [6.07, 6.45) is 3.45. The molecule has 2 aromatic rings. The number of ether oxygens (including phenoxy) is 1. The van der Waals surface area contributed by atoms with Gasteiger partial charge in [0.05, 0.1) is 41.3 Å². The van der Waals surface area contributed by atoms with E-state index in [4.69, 9.17) is 20.8 Å². The smallest absolute Gasteiger partial charge is 0.283 e. The monoisotopic (exact) mass is 537 g/mol. The van der Waals surface area contributed by atoms with E-state index >= 15 is 0 Å². The molecule has 0 N–H and O–H groups in total. The molecule has 186 valence electrons. The van der Waals surface area contributed by atoms with E-state index in [0.717, 1.165) is 11.8 Å². The van der Waals surface area contributed by atoms with Crippen molar-refractivity contribution in [2.45, 2.75) is 19.4 Å². The Hall–Kier alpha value is -2.76. The summed E-state index contributed by atoms with van der Waals surface area (Å²) >= 11 is 7.39. The average molecular weight is 538 g/mol. The molecule has 0 bridgehead atoms. The van der Waals surface area contributed by atoms with Crippen LogP contribution >= 0.6 is 23.4 Å². The molecule has 0 unspecified atom stereocenters. The Bertz CT molecular complexity index is 1290. The van der Waals surface area contributed by atoms with Gasteiger partial charge in [0.2, 0.25) is 5.91 Å². The molecule has 3 heterocycles. The third kappa shape index (κ3) is 5.57. The van der Waals surface area contributed by atoms with Crippen LogP contribution in [0, 0.1) is 0 Å². The van der Waals surface area contributed by atoms with Gasteiger partial charge < -0.3 is 14.1 Å². The first-order valence-corrected chi connectivity index (χ1v) is 14.1. The number of benzene rings is 1. The zero-order valence-corrected chi connectivity index (χ0v) is 21.5. The van der Waals surface area contributed by atoms with Crippen LogP contribution in [0.15, 0.2) is 51.7 Å². The van der Waals surface area contributed by atoms with Gasteiger partial charge in [0, 0.05) is 18.7 Å². The van der Waals surface area contributed by atoms with Crippen molar-refractivity contribution in [1.82, 2.24) is 4.90 Å². The van der Waals surface area contributed by atoms with Gasteiger partial charge >= 0.3 is 0 Å². The average Bonchev–Trinajstić information content (AvgIpc) is 3.53. The predicted molar refractivity (Wildman–Crippen MR) is 137 cm³/mol. The largest absolute Gasteiger partial charge is 0.495 e. The molecule has 4 rings (SSSR count). The Morgan fingerprint density at radius 1 is 1.40 bits per heavy atom. The van der Waals surface area contributed by atoms with Crippen LogP contribution in [0.25, 0.3) is 6.08 Å². The number of anilines is 1. The molecule has 12 heteroatoms. The summed E-state index contributed by atoms with van der Waals surface area (Å²) in [5.41, 5.74) is 0.618. The van der Waals surface area contributed by atoms with Crippen LogP contribution in [0.2, 0.25) is 5.02 Å². The molecule has 2 amide bonds. The zero-order chi connectivity index (χ0) is 25.2. The number of amidine groups is 1. The molecule has 0 radical (unpaired) electrons. The first-order chi connectivity index (χ1) is 16.7. The van der Waals surface area contributed by atoms with Crippen LogP contribution in [0.5, 0.6) is 5.75 Å². The molecule has 0 saturated carbocycles. The van der Waals surface area contributed by atoms with Gasteiger partial charge in [-0.25, -0.2) is 13.4 Å². The Morgan fingerprint density at radius 2 is 2.20 bits per heavy atom. The van der Waals surface area contributed by atoms with E-state index in [9.17, 15) is 18.0 Å². The molecule has 2 aliphatic heterocycles. The van der Waals surface area contributed by atoms with Gasteiger partial charge in [0.15, 0.2) is 15.0 Å². The van der Waals surface area contributed by atoms with Gasteiger partial charge in [0.1, 0.15) is 17.2 Å². The Morgan fingerprint density at radius 3 is 2.80 bits per heavy atom. The molecule has 0 spiro atoms. The number of hydrogen-bond donors (Lipinski definition) is 0. The highest BCUT2D eigenvalue weighted by Crippen LogP contribution is 2.34. The number of carbonyl (C=O) groups excluding carboxylic acids is 2. The number of aliphatic imine (C=N–C) groups is 1. The summed E-state index contributed by atoms with van der Waals surface area (Å²) in [5.74, 6) is 0.362. The lowest BCUT2D eigenvalue weighted by atomic mass is 10.2. The fraction of sp³-hybridized carbons (Fsp3) is 0.348. The maximum Gasteiger partial charge on any atom is 0.283 e. The van der Waals surface area contributed by atoms with E-state index in [1.807, 2.05) is 6.92 Å². The van der Waals surface area contributed by atoms with Gasteiger partial charge in [-0.05, 0) is 43.7 Å². The van der Waals surface area contributed by atoms with Crippen molar-refractivity contribution in [3.05, 3.63) is 53.1 Å². The molecule has 2 aliphatic rings.